The van der Waals surface area contributed by atoms with Gasteiger partial charge in [-0.3, -0.25) is 14.6 Å². The summed E-state index contributed by atoms with van der Waals surface area (Å²) in [7, 11) is 3.60. The number of ether oxygens (including phenoxy) is 3. The summed E-state index contributed by atoms with van der Waals surface area (Å²) in [6, 6.07) is 3.01. The van der Waals surface area contributed by atoms with Crippen molar-refractivity contribution in [2.24, 2.45) is 5.92 Å². The van der Waals surface area contributed by atoms with Crippen molar-refractivity contribution in [1.29, 1.82) is 5.26 Å². The summed E-state index contributed by atoms with van der Waals surface area (Å²) in [6.45, 7) is 8.33. The van der Waals surface area contributed by atoms with E-state index in [2.05, 4.69) is 34.2 Å². The maximum Gasteiger partial charge on any atom is 0.231 e. The molecule has 4 aliphatic heterocycles. The van der Waals surface area contributed by atoms with Gasteiger partial charge < -0.3 is 29.7 Å². The summed E-state index contributed by atoms with van der Waals surface area (Å²) in [6.07, 6.45) is 18.7. The molecular formula is C44H64AcN4O6. The largest absolute Gasteiger partial charge is 0.507 e. The number of fused-ring (bicyclic) bond motifs is 9. The van der Waals surface area contributed by atoms with Gasteiger partial charge in [0, 0.05) is 90.9 Å². The molecule has 2 unspecified atom stereocenters. The molecule has 1 amide bonds. The van der Waals surface area contributed by atoms with Gasteiger partial charge in [0.15, 0.2) is 23.0 Å². The molecule has 0 saturated carbocycles. The topological polar surface area (TPSA) is 128 Å². The van der Waals surface area contributed by atoms with Crippen molar-refractivity contribution in [1.82, 2.24) is 15.1 Å². The van der Waals surface area contributed by atoms with E-state index in [1.54, 1.807) is 7.11 Å². The Morgan fingerprint density at radius 3 is 2.18 bits per heavy atom. The zero-order valence-corrected chi connectivity index (χ0v) is 39.0. The first-order valence-corrected chi connectivity index (χ1v) is 20.8. The second-order valence-electron chi connectivity index (χ2n) is 16.4. The first kappa shape index (κ1) is 43.9. The zero-order valence-electron chi connectivity index (χ0n) is 34.2. The summed E-state index contributed by atoms with van der Waals surface area (Å²) in [5, 5.41) is 37.6. The average Bonchev–Trinajstić information content (AvgIpc) is 3.65. The van der Waals surface area contributed by atoms with Crippen LogP contribution in [0.1, 0.15) is 149 Å². The molecule has 0 spiro atoms. The third-order valence-corrected chi connectivity index (χ3v) is 12.9. The van der Waals surface area contributed by atoms with Gasteiger partial charge in [0.2, 0.25) is 12.7 Å². The molecule has 1 saturated heterocycles. The van der Waals surface area contributed by atoms with Crippen LogP contribution in [0.5, 0.6) is 28.7 Å². The second kappa shape index (κ2) is 20.0. The van der Waals surface area contributed by atoms with Crippen LogP contribution in [-0.4, -0.2) is 71.5 Å². The van der Waals surface area contributed by atoms with Crippen LogP contribution in [0, 0.1) is 75.2 Å². The Hall–Kier alpha value is -2.24. The number of nitriles is 1. The zero-order chi connectivity index (χ0) is 38.5. The number of carbonyl (C=O) groups is 1. The summed E-state index contributed by atoms with van der Waals surface area (Å²) >= 11 is 0. The van der Waals surface area contributed by atoms with Crippen LogP contribution in [0.25, 0.3) is 0 Å². The fourth-order valence-electron chi connectivity index (χ4n) is 10.0. The van der Waals surface area contributed by atoms with Gasteiger partial charge in [-0.05, 0) is 51.3 Å². The van der Waals surface area contributed by atoms with Crippen LogP contribution in [0.2, 0.25) is 0 Å². The Labute approximate surface area is 365 Å². The van der Waals surface area contributed by atoms with Crippen LogP contribution in [0.15, 0.2) is 6.07 Å². The number of phenols is 2. The molecule has 2 bridgehead atoms. The molecule has 3 N–H and O–H groups in total. The van der Waals surface area contributed by atoms with E-state index in [0.29, 0.717) is 35.7 Å². The molecule has 10 nitrogen and oxygen atoms in total. The van der Waals surface area contributed by atoms with Crippen molar-refractivity contribution >= 4 is 5.91 Å². The second-order valence-corrected chi connectivity index (χ2v) is 16.4. The minimum atomic E-state index is -0.520. The Morgan fingerprint density at radius 1 is 0.945 bits per heavy atom. The van der Waals surface area contributed by atoms with E-state index in [4.69, 9.17) is 14.2 Å². The first-order chi connectivity index (χ1) is 26.1. The number of benzene rings is 2. The number of piperazine rings is 1. The standard InChI is InChI=1S/C44H64N4O6.Ac/c1-7-8-9-10-11-12-13-14-15-16-17-18-19-20-27(2)44(51)46-25-35-37-31(39(49)29(4)42-43(37)54-26-53-42)23-33-38-36-30(21-28(3)41(52-6)40(36)50)22-32(47(38)5)34(24-45)48(33)35;/h21,27,32-35,38,49-50H,7-20,22-23,25-26H2,1-6H3,(H,46,51);/t27?,32-,33?,34-,35-,38-;/m0./s1. The number of hydrogen-bond acceptors (Lipinski definition) is 9. The molecule has 2 aromatic carbocycles. The normalized spacial score (nSPS) is 22.8. The van der Waals surface area contributed by atoms with Crippen LogP contribution in [-0.2, 0) is 17.6 Å². The Kier molecular flexibility index (Phi) is 15.9. The Bertz CT molecular complexity index is 1700. The van der Waals surface area contributed by atoms with Gasteiger partial charge in [0.1, 0.15) is 11.8 Å². The third-order valence-electron chi connectivity index (χ3n) is 12.9. The van der Waals surface area contributed by atoms with Gasteiger partial charge in [-0.2, -0.15) is 5.26 Å². The van der Waals surface area contributed by atoms with Crippen molar-refractivity contribution in [3.8, 4) is 34.8 Å². The van der Waals surface area contributed by atoms with Crippen molar-refractivity contribution < 1.29 is 73.3 Å². The Balaban J connectivity index is 0.00000580. The van der Waals surface area contributed by atoms with Crippen molar-refractivity contribution in [3.05, 3.63) is 39.4 Å². The number of nitrogens with zero attached hydrogens (tertiary/aromatic N) is 3. The monoisotopic (exact) mass is 972 g/mol. The predicted octanol–water partition coefficient (Wildman–Crippen LogP) is 8.46. The van der Waals surface area contributed by atoms with E-state index >= 15 is 0 Å². The molecular weight excluding hydrogens is 908 g/mol. The van der Waals surface area contributed by atoms with Gasteiger partial charge in [-0.1, -0.05) is 103 Å². The van der Waals surface area contributed by atoms with E-state index in [1.165, 1.54) is 70.6 Å². The minimum absolute atomic E-state index is 0. The van der Waals surface area contributed by atoms with E-state index in [1.807, 2.05) is 27.8 Å². The van der Waals surface area contributed by atoms with Crippen LogP contribution in [0.3, 0.4) is 0 Å². The summed E-state index contributed by atoms with van der Waals surface area (Å²) in [5.41, 5.74) is 4.81. The van der Waals surface area contributed by atoms with E-state index < -0.39 is 12.1 Å². The maximum absolute atomic E-state index is 13.7. The summed E-state index contributed by atoms with van der Waals surface area (Å²) in [5.74, 6) is 1.68. The number of phenolic OH excluding ortho intramolecular Hbond substituents is 2. The third kappa shape index (κ3) is 8.94. The molecule has 6 rings (SSSR count). The molecule has 0 aliphatic carbocycles. The SMILES string of the molecule is CCCCCCCCCCCCCCCC(C)C(=O)NC[C@H]1c2c(c(O)c(C)c3c2OCO3)CC2[C@H]3c4c(cc(C)c(OC)c4O)C[C@@H]([C@H](C#N)N21)N3C.[Ac]. The number of likely N-dealkylation sites (N-methyl/N-ethyl adjacent to an activating group) is 1. The number of nitrogens with one attached hydrogen (secondary N) is 1. The molecule has 0 aromatic heterocycles. The molecule has 55 heavy (non-hydrogen) atoms. The minimum Gasteiger partial charge on any atom is -0.507 e. The number of aryl methyl sites for hydroxylation is 1. The quantitative estimate of drug-likeness (QED) is 0.126. The first-order valence-electron chi connectivity index (χ1n) is 20.8. The number of methoxy groups -OCH3 is 1. The fourth-order valence-corrected chi connectivity index (χ4v) is 10.0. The molecule has 1 radical (unpaired) electrons. The molecule has 4 heterocycles. The summed E-state index contributed by atoms with van der Waals surface area (Å²) < 4.78 is 17.6. The van der Waals surface area contributed by atoms with Crippen LogP contribution < -0.4 is 19.5 Å². The van der Waals surface area contributed by atoms with Crippen LogP contribution >= 0.6 is 0 Å². The molecule has 4 aliphatic rings. The number of hydrogen-bond donors (Lipinski definition) is 3. The average molecular weight is 972 g/mol. The van der Waals surface area contributed by atoms with Crippen molar-refractivity contribution in [3.63, 3.8) is 0 Å². The molecule has 299 valence electrons. The summed E-state index contributed by atoms with van der Waals surface area (Å²) in [4.78, 5) is 18.2. The fraction of sp³-hybridized carbons (Fsp3) is 0.682. The van der Waals surface area contributed by atoms with E-state index in [9.17, 15) is 20.3 Å². The van der Waals surface area contributed by atoms with Crippen molar-refractivity contribution in [2.45, 2.75) is 161 Å². The van der Waals surface area contributed by atoms with E-state index in [0.717, 1.165) is 47.1 Å². The smallest absolute Gasteiger partial charge is 0.231 e. The maximum atomic E-state index is 13.7. The number of carbonyl (C=O) groups excluding carboxylic acids is 1. The number of aromatic hydroxyl groups is 2. The number of unbranched alkanes of at least 4 members (excludes halogenated alkanes) is 12. The number of amides is 1. The van der Waals surface area contributed by atoms with Gasteiger partial charge in [0.25, 0.3) is 0 Å². The number of rotatable bonds is 18. The van der Waals surface area contributed by atoms with Gasteiger partial charge in [-0.15, -0.1) is 0 Å². The Morgan fingerprint density at radius 2 is 1.56 bits per heavy atom. The van der Waals surface area contributed by atoms with Crippen molar-refractivity contribution in [2.75, 3.05) is 27.5 Å². The molecule has 2 aromatic rings. The van der Waals surface area contributed by atoms with Crippen LogP contribution in [0.4, 0.5) is 0 Å². The van der Waals surface area contributed by atoms with E-state index in [-0.39, 0.29) is 98.8 Å². The van der Waals surface area contributed by atoms with Gasteiger partial charge in [0.05, 0.1) is 25.3 Å². The molecule has 6 atom stereocenters. The molecule has 11 heteroatoms. The van der Waals surface area contributed by atoms with Gasteiger partial charge in [-0.25, -0.2) is 0 Å². The predicted molar refractivity (Wildman–Crippen MR) is 210 cm³/mol. The molecule has 1 fully saturated rings. The van der Waals surface area contributed by atoms with Gasteiger partial charge >= 0.3 is 0 Å².